The average molecular weight is 277 g/mol. The van der Waals surface area contributed by atoms with Crippen LogP contribution in [-0.4, -0.2) is 23.0 Å². The second kappa shape index (κ2) is 6.40. The Labute approximate surface area is 115 Å². The van der Waals surface area contributed by atoms with Gasteiger partial charge in [0.05, 0.1) is 24.4 Å². The number of carbonyl (C=O) groups excluding carboxylic acids is 1. The minimum absolute atomic E-state index is 0.182. The maximum absolute atomic E-state index is 11.3. The fraction of sp³-hybridized carbons (Fsp3) is 0.308. The van der Waals surface area contributed by atoms with E-state index >= 15 is 0 Å². The quantitative estimate of drug-likeness (QED) is 0.849. The number of hydrogen-bond donors (Lipinski definition) is 1. The molecule has 0 saturated carbocycles. The molecule has 0 radical (unpaired) electrons. The molecule has 0 aliphatic heterocycles. The summed E-state index contributed by atoms with van der Waals surface area (Å²) in [7, 11) is 1.35. The van der Waals surface area contributed by atoms with E-state index in [9.17, 15) is 4.79 Å². The lowest BCUT2D eigenvalue weighted by Gasteiger charge is -2.10. The summed E-state index contributed by atoms with van der Waals surface area (Å²) in [6, 6.07) is 3.71. The van der Waals surface area contributed by atoms with Crippen LogP contribution in [0, 0.1) is 0 Å². The molecule has 0 aliphatic carbocycles. The van der Waals surface area contributed by atoms with Crippen LogP contribution < -0.4 is 5.32 Å². The molecule has 6 heteroatoms. The van der Waals surface area contributed by atoms with Crippen LogP contribution in [-0.2, 0) is 11.3 Å². The Balaban J connectivity index is 1.91. The topological polar surface area (TPSA) is 64.1 Å². The van der Waals surface area contributed by atoms with Gasteiger partial charge in [-0.15, -0.1) is 11.3 Å². The Kier molecular flexibility index (Phi) is 4.59. The Morgan fingerprint density at radius 3 is 2.89 bits per heavy atom. The predicted octanol–water partition coefficient (Wildman–Crippen LogP) is 2.18. The zero-order valence-corrected chi connectivity index (χ0v) is 11.6. The van der Waals surface area contributed by atoms with E-state index < -0.39 is 0 Å². The summed E-state index contributed by atoms with van der Waals surface area (Å²) in [5.74, 6) is -0.372. The van der Waals surface area contributed by atoms with E-state index in [-0.39, 0.29) is 12.0 Å². The van der Waals surface area contributed by atoms with E-state index in [2.05, 4.69) is 26.9 Å². The summed E-state index contributed by atoms with van der Waals surface area (Å²) in [4.78, 5) is 19.7. The zero-order valence-electron chi connectivity index (χ0n) is 10.8. The molecule has 0 aromatic carbocycles. The van der Waals surface area contributed by atoms with E-state index in [1.165, 1.54) is 13.3 Å². The van der Waals surface area contributed by atoms with Crippen molar-refractivity contribution < 1.29 is 9.53 Å². The number of esters is 1. The average Bonchev–Trinajstić information content (AvgIpc) is 2.98. The fourth-order valence-corrected chi connectivity index (χ4v) is 2.23. The first kappa shape index (κ1) is 13.6. The van der Waals surface area contributed by atoms with Crippen molar-refractivity contribution in [1.82, 2.24) is 15.3 Å². The summed E-state index contributed by atoms with van der Waals surface area (Å²) >= 11 is 1.62. The van der Waals surface area contributed by atoms with Crippen molar-refractivity contribution in [3.8, 4) is 0 Å². The van der Waals surface area contributed by atoms with Crippen molar-refractivity contribution in [1.29, 1.82) is 0 Å². The first-order chi connectivity index (χ1) is 9.20. The molecule has 0 spiro atoms. The third-order valence-corrected chi connectivity index (χ3v) is 3.62. The van der Waals surface area contributed by atoms with Gasteiger partial charge in [0.1, 0.15) is 5.01 Å². The number of nitrogens with one attached hydrogen (secondary N) is 1. The molecule has 2 aromatic rings. The lowest BCUT2D eigenvalue weighted by Crippen LogP contribution is -2.18. The van der Waals surface area contributed by atoms with Crippen LogP contribution in [0.25, 0.3) is 0 Å². The summed E-state index contributed by atoms with van der Waals surface area (Å²) in [6.45, 7) is 2.68. The molecule has 0 fully saturated rings. The van der Waals surface area contributed by atoms with Crippen LogP contribution in [0.3, 0.4) is 0 Å². The molecule has 0 bridgehead atoms. The third kappa shape index (κ3) is 3.59. The van der Waals surface area contributed by atoms with Crippen LogP contribution in [0.4, 0.5) is 0 Å². The van der Waals surface area contributed by atoms with E-state index in [1.807, 2.05) is 11.4 Å². The number of thiazole rings is 1. The van der Waals surface area contributed by atoms with E-state index in [1.54, 1.807) is 23.6 Å². The van der Waals surface area contributed by atoms with Gasteiger partial charge in [-0.1, -0.05) is 0 Å². The molecular formula is C13H15N3O2S. The molecule has 0 amide bonds. The van der Waals surface area contributed by atoms with Gasteiger partial charge in [-0.3, -0.25) is 4.98 Å². The van der Waals surface area contributed by atoms with Gasteiger partial charge in [-0.25, -0.2) is 9.78 Å². The first-order valence-corrected chi connectivity index (χ1v) is 6.74. The number of pyridine rings is 1. The van der Waals surface area contributed by atoms with Crippen LogP contribution in [0.5, 0.6) is 0 Å². The molecule has 2 rings (SSSR count). The predicted molar refractivity (Wildman–Crippen MR) is 72.9 cm³/mol. The van der Waals surface area contributed by atoms with Crippen molar-refractivity contribution in [2.45, 2.75) is 19.5 Å². The Hall–Kier alpha value is -1.79. The van der Waals surface area contributed by atoms with Gasteiger partial charge in [0.2, 0.25) is 0 Å². The third-order valence-electron chi connectivity index (χ3n) is 2.66. The van der Waals surface area contributed by atoms with Crippen molar-refractivity contribution in [2.75, 3.05) is 7.11 Å². The van der Waals surface area contributed by atoms with Gasteiger partial charge in [-0.05, 0) is 19.1 Å². The lowest BCUT2D eigenvalue weighted by molar-refractivity contribution is 0.0600. The van der Waals surface area contributed by atoms with Gasteiger partial charge in [0, 0.05) is 24.3 Å². The van der Waals surface area contributed by atoms with E-state index in [4.69, 9.17) is 0 Å². The second-order valence-corrected chi connectivity index (χ2v) is 4.93. The maximum Gasteiger partial charge on any atom is 0.339 e. The fourth-order valence-electron chi connectivity index (χ4n) is 1.56. The normalized spacial score (nSPS) is 12.1. The van der Waals surface area contributed by atoms with Gasteiger partial charge in [-0.2, -0.15) is 0 Å². The Bertz CT molecular complexity index is 525. The zero-order chi connectivity index (χ0) is 13.7. The molecule has 1 unspecified atom stereocenters. The van der Waals surface area contributed by atoms with Crippen molar-refractivity contribution in [3.63, 3.8) is 0 Å². The van der Waals surface area contributed by atoms with E-state index in [0.29, 0.717) is 12.1 Å². The maximum atomic E-state index is 11.3. The van der Waals surface area contributed by atoms with Crippen LogP contribution in [0.1, 0.15) is 34.0 Å². The highest BCUT2D eigenvalue weighted by Crippen LogP contribution is 2.15. The smallest absolute Gasteiger partial charge is 0.339 e. The summed E-state index contributed by atoms with van der Waals surface area (Å²) in [6.07, 6.45) is 3.32. The largest absolute Gasteiger partial charge is 0.465 e. The minimum atomic E-state index is -0.372. The molecule has 2 aromatic heterocycles. The highest BCUT2D eigenvalue weighted by molar-refractivity contribution is 7.09. The number of methoxy groups -OCH3 is 1. The standard InChI is InChI=1S/C13H15N3O2S/c1-9(12-14-5-6-19-12)15-8-11-4-3-10(7-16-11)13(17)18-2/h3-7,9,15H,8H2,1-2H3. The van der Waals surface area contributed by atoms with Gasteiger partial charge >= 0.3 is 5.97 Å². The number of aromatic nitrogens is 2. The van der Waals surface area contributed by atoms with Gasteiger partial charge < -0.3 is 10.1 Å². The lowest BCUT2D eigenvalue weighted by atomic mass is 10.2. The van der Waals surface area contributed by atoms with Crippen LogP contribution in [0.2, 0.25) is 0 Å². The molecule has 0 saturated heterocycles. The molecule has 0 aliphatic rings. The minimum Gasteiger partial charge on any atom is -0.465 e. The molecule has 1 atom stereocenters. The monoisotopic (exact) mass is 277 g/mol. The highest BCUT2D eigenvalue weighted by Gasteiger charge is 2.08. The van der Waals surface area contributed by atoms with Crippen LogP contribution in [0.15, 0.2) is 29.9 Å². The molecule has 1 N–H and O–H groups in total. The second-order valence-electron chi connectivity index (χ2n) is 4.00. The number of nitrogens with zero attached hydrogens (tertiary/aromatic N) is 2. The molecular weight excluding hydrogens is 262 g/mol. The Morgan fingerprint density at radius 1 is 1.47 bits per heavy atom. The number of hydrogen-bond acceptors (Lipinski definition) is 6. The summed E-state index contributed by atoms with van der Waals surface area (Å²) < 4.78 is 4.62. The van der Waals surface area contributed by atoms with Gasteiger partial charge in [0.25, 0.3) is 0 Å². The van der Waals surface area contributed by atoms with Crippen molar-refractivity contribution in [2.24, 2.45) is 0 Å². The highest BCUT2D eigenvalue weighted by atomic mass is 32.1. The van der Waals surface area contributed by atoms with Gasteiger partial charge in [0.15, 0.2) is 0 Å². The molecule has 2 heterocycles. The first-order valence-electron chi connectivity index (χ1n) is 5.86. The van der Waals surface area contributed by atoms with E-state index in [0.717, 1.165) is 10.7 Å². The SMILES string of the molecule is COC(=O)c1ccc(CNC(C)c2nccs2)nc1. The van der Waals surface area contributed by atoms with Crippen LogP contribution >= 0.6 is 11.3 Å². The Morgan fingerprint density at radius 2 is 2.32 bits per heavy atom. The molecule has 100 valence electrons. The molecule has 19 heavy (non-hydrogen) atoms. The summed E-state index contributed by atoms with van der Waals surface area (Å²) in [5.41, 5.74) is 1.33. The van der Waals surface area contributed by atoms with Crippen molar-refractivity contribution >= 4 is 17.3 Å². The number of ether oxygens (including phenoxy) is 1. The number of carbonyl (C=O) groups is 1. The summed E-state index contributed by atoms with van der Waals surface area (Å²) in [5, 5.41) is 6.34. The number of rotatable bonds is 5. The van der Waals surface area contributed by atoms with Crippen molar-refractivity contribution in [3.05, 3.63) is 46.2 Å². The molecule has 5 nitrogen and oxygen atoms in total.